The first-order valence-electron chi connectivity index (χ1n) is 4.96. The Kier molecular flexibility index (Phi) is 4.96. The Morgan fingerprint density at radius 3 is 3.12 bits per heavy atom. The van der Waals surface area contributed by atoms with Crippen LogP contribution in [0.4, 0.5) is 0 Å². The quantitative estimate of drug-likeness (QED) is 0.741. The third-order valence-corrected chi connectivity index (χ3v) is 1.90. The number of esters is 1. The molecule has 0 aliphatic heterocycles. The maximum absolute atomic E-state index is 11.1. The molecular weight excluding hydrogens is 206 g/mol. The van der Waals surface area contributed by atoms with Crippen molar-refractivity contribution in [1.82, 2.24) is 10.3 Å². The zero-order chi connectivity index (χ0) is 11.8. The van der Waals surface area contributed by atoms with Crippen molar-refractivity contribution in [2.24, 2.45) is 0 Å². The molecule has 0 saturated carbocycles. The summed E-state index contributed by atoms with van der Waals surface area (Å²) in [6, 6.07) is 5.03. The third-order valence-electron chi connectivity index (χ3n) is 1.90. The predicted octanol–water partition coefficient (Wildman–Crippen LogP) is 0.799. The first-order valence-corrected chi connectivity index (χ1v) is 4.96. The maximum atomic E-state index is 11.1. The number of pyridine rings is 1. The van der Waals surface area contributed by atoms with Gasteiger partial charge in [-0.3, -0.25) is 15.1 Å². The molecule has 5 heteroatoms. The molecule has 16 heavy (non-hydrogen) atoms. The highest BCUT2D eigenvalue weighted by molar-refractivity contribution is 5.71. The highest BCUT2D eigenvalue weighted by atomic mass is 16.5. The van der Waals surface area contributed by atoms with Gasteiger partial charge in [0, 0.05) is 18.0 Å². The molecule has 0 fully saturated rings. The van der Waals surface area contributed by atoms with E-state index in [-0.39, 0.29) is 12.5 Å². The second-order valence-electron chi connectivity index (χ2n) is 3.03. The van der Waals surface area contributed by atoms with Gasteiger partial charge < -0.3 is 4.74 Å². The number of ether oxygens (including phenoxy) is 1. The van der Waals surface area contributed by atoms with E-state index in [2.05, 4.69) is 16.4 Å². The summed E-state index contributed by atoms with van der Waals surface area (Å²) >= 11 is 0. The molecule has 0 saturated heterocycles. The van der Waals surface area contributed by atoms with Crippen LogP contribution in [0.3, 0.4) is 0 Å². The monoisotopic (exact) mass is 219 g/mol. The van der Waals surface area contributed by atoms with Crippen LogP contribution in [0.2, 0.25) is 0 Å². The van der Waals surface area contributed by atoms with Crippen molar-refractivity contribution < 1.29 is 9.53 Å². The summed E-state index contributed by atoms with van der Waals surface area (Å²) in [6.07, 6.45) is 3.22. The maximum Gasteiger partial charge on any atom is 0.319 e. The van der Waals surface area contributed by atoms with Crippen molar-refractivity contribution >= 4 is 5.97 Å². The van der Waals surface area contributed by atoms with Gasteiger partial charge in [0.1, 0.15) is 6.04 Å². The van der Waals surface area contributed by atoms with E-state index in [1.807, 2.05) is 0 Å². The molecule has 0 bridgehead atoms. The highest BCUT2D eigenvalue weighted by Gasteiger charge is 2.11. The molecule has 0 aliphatic carbocycles. The fourth-order valence-corrected chi connectivity index (χ4v) is 1.18. The summed E-state index contributed by atoms with van der Waals surface area (Å²) < 4.78 is 4.75. The van der Waals surface area contributed by atoms with E-state index in [1.165, 1.54) is 0 Å². The molecule has 1 unspecified atom stereocenters. The van der Waals surface area contributed by atoms with Crippen LogP contribution >= 0.6 is 0 Å². The number of nitrogens with zero attached hydrogens (tertiary/aromatic N) is 2. The summed E-state index contributed by atoms with van der Waals surface area (Å²) in [4.78, 5) is 15.0. The minimum Gasteiger partial charge on any atom is -0.465 e. The Labute approximate surface area is 94.1 Å². The summed E-state index contributed by atoms with van der Waals surface area (Å²) in [6.45, 7) is 2.09. The Morgan fingerprint density at radius 2 is 2.56 bits per heavy atom. The van der Waals surface area contributed by atoms with Crippen LogP contribution in [0.5, 0.6) is 0 Å². The fraction of sp³-hybridized carbons (Fsp3) is 0.364. The van der Waals surface area contributed by atoms with Gasteiger partial charge in [-0.25, -0.2) is 0 Å². The van der Waals surface area contributed by atoms with Crippen molar-refractivity contribution in [3.05, 3.63) is 30.1 Å². The van der Waals surface area contributed by atoms with E-state index in [0.717, 1.165) is 5.56 Å². The molecule has 0 spiro atoms. The SMILES string of the molecule is CCOC(=O)CNC(C#N)c1cccnc1. The van der Waals surface area contributed by atoms with Crippen LogP contribution in [0, 0.1) is 11.3 Å². The van der Waals surface area contributed by atoms with Crippen LogP contribution < -0.4 is 5.32 Å². The minimum atomic E-state index is -0.543. The van der Waals surface area contributed by atoms with Crippen LogP contribution in [0.1, 0.15) is 18.5 Å². The first kappa shape index (κ1) is 12.1. The number of hydrogen-bond donors (Lipinski definition) is 1. The van der Waals surface area contributed by atoms with Crippen molar-refractivity contribution in [3.63, 3.8) is 0 Å². The zero-order valence-corrected chi connectivity index (χ0v) is 9.01. The van der Waals surface area contributed by atoms with Gasteiger partial charge in [0.15, 0.2) is 0 Å². The molecule has 1 atom stereocenters. The molecule has 0 aromatic carbocycles. The predicted molar refractivity (Wildman–Crippen MR) is 57.2 cm³/mol. The smallest absolute Gasteiger partial charge is 0.319 e. The van der Waals surface area contributed by atoms with Gasteiger partial charge in [-0.1, -0.05) is 6.07 Å². The van der Waals surface area contributed by atoms with Crippen molar-refractivity contribution in [2.45, 2.75) is 13.0 Å². The largest absolute Gasteiger partial charge is 0.465 e. The average molecular weight is 219 g/mol. The van der Waals surface area contributed by atoms with Crippen LogP contribution in [-0.4, -0.2) is 24.1 Å². The number of nitrogens with one attached hydrogen (secondary N) is 1. The number of hydrogen-bond acceptors (Lipinski definition) is 5. The second kappa shape index (κ2) is 6.53. The molecule has 1 N–H and O–H groups in total. The summed E-state index contributed by atoms with van der Waals surface area (Å²) in [5.74, 6) is -0.369. The van der Waals surface area contributed by atoms with Gasteiger partial charge in [0.05, 0.1) is 19.2 Å². The van der Waals surface area contributed by atoms with Gasteiger partial charge in [0.2, 0.25) is 0 Å². The Morgan fingerprint density at radius 1 is 1.75 bits per heavy atom. The molecule has 0 aliphatic rings. The number of rotatable bonds is 5. The summed E-state index contributed by atoms with van der Waals surface area (Å²) in [5.41, 5.74) is 0.731. The van der Waals surface area contributed by atoms with Crippen molar-refractivity contribution in [3.8, 4) is 6.07 Å². The van der Waals surface area contributed by atoms with Gasteiger partial charge in [-0.05, 0) is 13.0 Å². The molecular formula is C11H13N3O2. The number of nitriles is 1. The molecule has 5 nitrogen and oxygen atoms in total. The van der Waals surface area contributed by atoms with Crippen LogP contribution in [0.15, 0.2) is 24.5 Å². The number of aromatic nitrogens is 1. The van der Waals surface area contributed by atoms with Crippen LogP contribution in [-0.2, 0) is 9.53 Å². The van der Waals surface area contributed by atoms with E-state index in [9.17, 15) is 4.79 Å². The first-order chi connectivity index (χ1) is 7.77. The fourth-order valence-electron chi connectivity index (χ4n) is 1.18. The molecule has 1 aromatic heterocycles. The number of carbonyl (C=O) groups excluding carboxylic acids is 1. The van der Waals surface area contributed by atoms with E-state index in [0.29, 0.717) is 6.61 Å². The van der Waals surface area contributed by atoms with Crippen LogP contribution in [0.25, 0.3) is 0 Å². The van der Waals surface area contributed by atoms with E-state index >= 15 is 0 Å². The Bertz CT molecular complexity index is 373. The Hall–Kier alpha value is -1.93. The van der Waals surface area contributed by atoms with E-state index in [4.69, 9.17) is 10.00 Å². The zero-order valence-electron chi connectivity index (χ0n) is 9.01. The van der Waals surface area contributed by atoms with Gasteiger partial charge in [0.25, 0.3) is 0 Å². The lowest BCUT2D eigenvalue weighted by atomic mass is 10.1. The van der Waals surface area contributed by atoms with Gasteiger partial charge in [-0.15, -0.1) is 0 Å². The standard InChI is InChI=1S/C11H13N3O2/c1-2-16-11(15)8-14-10(6-12)9-4-3-5-13-7-9/h3-5,7,10,14H,2,8H2,1H3. The molecule has 1 rings (SSSR count). The average Bonchev–Trinajstić information content (AvgIpc) is 2.31. The molecule has 84 valence electrons. The summed E-state index contributed by atoms with van der Waals surface area (Å²) in [7, 11) is 0. The molecule has 0 radical (unpaired) electrons. The van der Waals surface area contributed by atoms with E-state index in [1.54, 1.807) is 31.5 Å². The lowest BCUT2D eigenvalue weighted by Crippen LogP contribution is -2.28. The van der Waals surface area contributed by atoms with E-state index < -0.39 is 6.04 Å². The number of carbonyl (C=O) groups is 1. The third kappa shape index (κ3) is 3.67. The normalized spacial score (nSPS) is 11.5. The Balaban J connectivity index is 2.51. The lowest BCUT2D eigenvalue weighted by Gasteiger charge is -2.10. The highest BCUT2D eigenvalue weighted by Crippen LogP contribution is 2.08. The molecule has 1 aromatic rings. The summed E-state index contributed by atoms with van der Waals surface area (Å²) in [5, 5.41) is 11.7. The minimum absolute atomic E-state index is 0.0148. The molecule has 0 amide bonds. The van der Waals surface area contributed by atoms with Gasteiger partial charge >= 0.3 is 5.97 Å². The van der Waals surface area contributed by atoms with Crippen molar-refractivity contribution in [2.75, 3.05) is 13.2 Å². The lowest BCUT2D eigenvalue weighted by molar-refractivity contribution is -0.142. The molecule has 1 heterocycles. The topological polar surface area (TPSA) is 75.0 Å². The van der Waals surface area contributed by atoms with Gasteiger partial charge in [-0.2, -0.15) is 5.26 Å². The van der Waals surface area contributed by atoms with Crippen molar-refractivity contribution in [1.29, 1.82) is 5.26 Å². The second-order valence-corrected chi connectivity index (χ2v) is 3.03.